The molecule has 8 atom stereocenters. The lowest BCUT2D eigenvalue weighted by Crippen LogP contribution is -2.51. The second-order valence-corrected chi connectivity index (χ2v) is 22.3. The van der Waals surface area contributed by atoms with Crippen molar-refractivity contribution in [2.45, 2.75) is 208 Å². The lowest BCUT2D eigenvalue weighted by molar-refractivity contribution is -0.151. The van der Waals surface area contributed by atoms with E-state index < -0.39 is 0 Å². The molecule has 344 valence electrons. The molecule has 0 spiro atoms. The van der Waals surface area contributed by atoms with E-state index in [1.165, 1.54) is 161 Å². The number of esters is 1. The van der Waals surface area contributed by atoms with Crippen molar-refractivity contribution in [2.75, 3.05) is 0 Å². The predicted molar refractivity (Wildman–Crippen MR) is 273 cm³/mol. The first kappa shape index (κ1) is 47.8. The van der Waals surface area contributed by atoms with Gasteiger partial charge in [0.25, 0.3) is 0 Å². The van der Waals surface area contributed by atoms with Crippen molar-refractivity contribution in [3.8, 4) is 0 Å². The summed E-state index contributed by atoms with van der Waals surface area (Å²) >= 11 is 0. The fraction of sp³-hybridized carbons (Fsp3) is 0.656. The van der Waals surface area contributed by atoms with Crippen molar-refractivity contribution in [3.05, 3.63) is 84.5 Å². The first-order valence-electron chi connectivity index (χ1n) is 26.8. The van der Waals surface area contributed by atoms with Crippen molar-refractivity contribution in [1.82, 2.24) is 0 Å². The quantitative estimate of drug-likeness (QED) is 0.0361. The molecule has 4 aromatic rings. The minimum atomic E-state index is 0.0541. The second kappa shape index (κ2) is 22.9. The zero-order chi connectivity index (χ0) is 44.2. The van der Waals surface area contributed by atoms with E-state index in [2.05, 4.69) is 120 Å². The number of carbonyl (C=O) groups is 1. The zero-order valence-corrected chi connectivity index (χ0v) is 41.0. The summed E-state index contributed by atoms with van der Waals surface area (Å²) in [6.07, 6.45) is 39.5. The van der Waals surface area contributed by atoms with Crippen molar-refractivity contribution in [1.29, 1.82) is 0 Å². The molecular weight excluding hydrogens is 765 g/mol. The molecule has 3 saturated carbocycles. The molecular formula is C61H88O2. The van der Waals surface area contributed by atoms with E-state index in [-0.39, 0.29) is 12.1 Å². The lowest BCUT2D eigenvalue weighted by Gasteiger charge is -2.58. The van der Waals surface area contributed by atoms with Gasteiger partial charge < -0.3 is 4.74 Å². The van der Waals surface area contributed by atoms with Crippen LogP contribution in [0.5, 0.6) is 0 Å². The van der Waals surface area contributed by atoms with Crippen molar-refractivity contribution in [2.24, 2.45) is 46.3 Å². The summed E-state index contributed by atoms with van der Waals surface area (Å²) in [6, 6.07) is 21.9. The zero-order valence-electron chi connectivity index (χ0n) is 41.0. The molecule has 4 aliphatic rings. The Labute approximate surface area is 385 Å². The van der Waals surface area contributed by atoms with E-state index in [4.69, 9.17) is 4.74 Å². The summed E-state index contributed by atoms with van der Waals surface area (Å²) in [5.41, 5.74) is 2.53. The number of unbranched alkanes of at least 4 members (excludes halogenated alkanes) is 11. The third kappa shape index (κ3) is 11.6. The van der Waals surface area contributed by atoms with Gasteiger partial charge in [-0.25, -0.2) is 0 Å². The number of hydrogen-bond acceptors (Lipinski definition) is 2. The van der Waals surface area contributed by atoms with Crippen LogP contribution in [0.3, 0.4) is 0 Å². The Balaban J connectivity index is 0.000000304. The number of hydrogen-bond donors (Lipinski definition) is 0. The van der Waals surface area contributed by atoms with Crippen molar-refractivity contribution in [3.63, 3.8) is 0 Å². The van der Waals surface area contributed by atoms with Gasteiger partial charge in [-0.2, -0.15) is 0 Å². The molecule has 4 aromatic carbocycles. The van der Waals surface area contributed by atoms with E-state index in [0.29, 0.717) is 17.3 Å². The average molecular weight is 853 g/mol. The number of fused-ring (bicyclic) bond motifs is 5. The summed E-state index contributed by atoms with van der Waals surface area (Å²) in [5, 5.41) is 8.14. The van der Waals surface area contributed by atoms with Crippen LogP contribution in [0.15, 0.2) is 84.5 Å². The number of allylic oxidation sites excluding steroid dienone is 3. The smallest absolute Gasteiger partial charge is 0.306 e. The number of benzene rings is 4. The Bertz CT molecular complexity index is 1940. The Hall–Kier alpha value is -3.13. The van der Waals surface area contributed by atoms with E-state index in [0.717, 1.165) is 61.2 Å². The summed E-state index contributed by atoms with van der Waals surface area (Å²) in [6.45, 7) is 14.9. The van der Waals surface area contributed by atoms with E-state index >= 15 is 0 Å². The number of rotatable bonds is 21. The highest BCUT2D eigenvalue weighted by Gasteiger charge is 2.59. The minimum Gasteiger partial charge on any atom is -0.462 e. The van der Waals surface area contributed by atoms with Gasteiger partial charge in [-0.05, 0) is 156 Å². The first-order chi connectivity index (χ1) is 30.6. The molecule has 0 aliphatic heterocycles. The van der Waals surface area contributed by atoms with Crippen LogP contribution in [0.2, 0.25) is 0 Å². The summed E-state index contributed by atoms with van der Waals surface area (Å²) in [5.74, 6) is 5.31. The van der Waals surface area contributed by atoms with Crippen LogP contribution in [0, 0.1) is 46.3 Å². The van der Waals surface area contributed by atoms with Crippen molar-refractivity contribution >= 4 is 38.3 Å². The molecule has 0 saturated heterocycles. The highest BCUT2D eigenvalue weighted by molar-refractivity contribution is 6.22. The van der Waals surface area contributed by atoms with Crippen LogP contribution >= 0.6 is 0 Å². The van der Waals surface area contributed by atoms with Gasteiger partial charge in [0, 0.05) is 12.8 Å². The average Bonchev–Trinajstić information content (AvgIpc) is 3.64. The van der Waals surface area contributed by atoms with Gasteiger partial charge in [-0.15, -0.1) is 0 Å². The fourth-order valence-corrected chi connectivity index (χ4v) is 14.0. The molecule has 0 radical (unpaired) electrons. The summed E-state index contributed by atoms with van der Waals surface area (Å²) < 4.78 is 6.12. The second-order valence-electron chi connectivity index (χ2n) is 22.3. The topological polar surface area (TPSA) is 26.3 Å². The van der Waals surface area contributed by atoms with Crippen LogP contribution in [-0.2, 0) is 9.53 Å². The third-order valence-electron chi connectivity index (χ3n) is 17.6. The Morgan fingerprint density at radius 1 is 0.667 bits per heavy atom. The number of carbonyl (C=O) groups excluding carboxylic acids is 1. The van der Waals surface area contributed by atoms with Gasteiger partial charge in [0.2, 0.25) is 0 Å². The highest BCUT2D eigenvalue weighted by Crippen LogP contribution is 2.67. The summed E-state index contributed by atoms with van der Waals surface area (Å²) in [7, 11) is 0. The molecule has 0 heterocycles. The van der Waals surface area contributed by atoms with Crippen LogP contribution < -0.4 is 0 Å². The Morgan fingerprint density at radius 3 is 1.86 bits per heavy atom. The monoisotopic (exact) mass is 853 g/mol. The van der Waals surface area contributed by atoms with E-state index in [1.807, 2.05) is 0 Å². The molecule has 0 unspecified atom stereocenters. The van der Waals surface area contributed by atoms with E-state index in [9.17, 15) is 4.79 Å². The normalized spacial score (nSPS) is 27.3. The third-order valence-corrected chi connectivity index (χ3v) is 17.6. The van der Waals surface area contributed by atoms with Crippen LogP contribution in [0.4, 0.5) is 0 Å². The molecule has 63 heavy (non-hydrogen) atoms. The van der Waals surface area contributed by atoms with Crippen LogP contribution in [-0.4, -0.2) is 12.1 Å². The maximum absolute atomic E-state index is 12.8. The lowest BCUT2D eigenvalue weighted by atomic mass is 9.47. The molecule has 8 rings (SSSR count). The minimum absolute atomic E-state index is 0.0541. The molecule has 0 amide bonds. The van der Waals surface area contributed by atoms with Crippen LogP contribution in [0.25, 0.3) is 32.3 Å². The largest absolute Gasteiger partial charge is 0.462 e. The van der Waals surface area contributed by atoms with Gasteiger partial charge in [0.1, 0.15) is 6.10 Å². The SMILES string of the molecule is CCCCCCCC/C=C\CCCCCCCC(=O)O[C@H]1CC[C@@]2(C)C(=CC[C@H]3[C@@H]4CC[C@H]([C@H](C)CCCC(C)C)[C@@]4(C)CC[C@@H]32)C1.c1cc2ccc3cccc4ccc(c1)c2c34. The molecule has 2 nitrogen and oxygen atoms in total. The Morgan fingerprint density at radius 2 is 1.25 bits per heavy atom. The maximum atomic E-state index is 12.8. The molecule has 0 N–H and O–H groups in total. The Kier molecular flexibility index (Phi) is 17.4. The van der Waals surface area contributed by atoms with Crippen molar-refractivity contribution < 1.29 is 9.53 Å². The van der Waals surface area contributed by atoms with Gasteiger partial charge >= 0.3 is 5.97 Å². The molecule has 0 bridgehead atoms. The fourth-order valence-electron chi connectivity index (χ4n) is 14.0. The molecule has 0 aromatic heterocycles. The summed E-state index contributed by atoms with van der Waals surface area (Å²) in [4.78, 5) is 12.8. The standard InChI is InChI=1S/C45H78O2.C16H10/c1-7-8-9-10-11-12-13-14-15-16-17-18-19-20-21-25-43(46)47-38-30-32-44(5)37(34-38)26-27-39-41-29-28-40(36(4)24-22-23-35(2)3)45(41,6)33-31-42(39)44;1-3-11-7-9-13-5-2-6-14-10-8-12(4-1)15(11)16(13)14/h14-15,26,35-36,38-42H,7-13,16-25,27-34H2,1-6H3;1-10H/b15-14-;/t36-,38+,39+,40-,41+,42+,44+,45-;/m1./s1. The van der Waals surface area contributed by atoms with Gasteiger partial charge in [0.05, 0.1) is 0 Å². The molecule has 4 aliphatic carbocycles. The maximum Gasteiger partial charge on any atom is 0.306 e. The van der Waals surface area contributed by atoms with Gasteiger partial charge in [0.15, 0.2) is 0 Å². The number of ether oxygens (including phenoxy) is 1. The molecule has 2 heteroatoms. The highest BCUT2D eigenvalue weighted by atomic mass is 16.5. The molecule has 3 fully saturated rings. The predicted octanol–water partition coefficient (Wildman–Crippen LogP) is 18.6. The first-order valence-corrected chi connectivity index (χ1v) is 26.8. The van der Waals surface area contributed by atoms with Gasteiger partial charge in [-0.3, -0.25) is 4.79 Å². The van der Waals surface area contributed by atoms with Gasteiger partial charge in [-0.1, -0.05) is 197 Å². The van der Waals surface area contributed by atoms with Crippen LogP contribution in [0.1, 0.15) is 202 Å². The van der Waals surface area contributed by atoms with E-state index in [1.54, 1.807) is 5.57 Å².